The quantitative estimate of drug-likeness (QED) is 0.394. The van der Waals surface area contributed by atoms with E-state index in [-0.39, 0.29) is 10.8 Å². The molecule has 0 spiro atoms. The normalized spacial score (nSPS) is 11.4. The van der Waals surface area contributed by atoms with Gasteiger partial charge in [0, 0.05) is 6.07 Å². The van der Waals surface area contributed by atoms with Gasteiger partial charge in [0.25, 0.3) is 10.0 Å². The zero-order chi connectivity index (χ0) is 22.8. The molecule has 0 aliphatic carbocycles. The Morgan fingerprint density at radius 1 is 0.909 bits per heavy atom. The Morgan fingerprint density at radius 3 is 2.55 bits per heavy atom. The number of anilines is 2. The molecule has 3 aromatic heterocycles. The predicted octanol–water partition coefficient (Wildman–Crippen LogP) is 3.39. The van der Waals surface area contributed by atoms with Crippen molar-refractivity contribution in [3.8, 4) is 17.3 Å². The largest absolute Gasteiger partial charge is 0.439 e. The summed E-state index contributed by atoms with van der Waals surface area (Å²) in [5.74, 6) is 1.21. The third-order valence-corrected chi connectivity index (χ3v) is 6.09. The van der Waals surface area contributed by atoms with E-state index in [0.717, 1.165) is 0 Å². The van der Waals surface area contributed by atoms with E-state index >= 15 is 0 Å². The molecule has 2 aromatic carbocycles. The maximum Gasteiger partial charge on any atom is 0.263 e. The number of hydrogen-bond acceptors (Lipinski definition) is 8. The summed E-state index contributed by atoms with van der Waals surface area (Å²) in [6.45, 7) is 0. The number of rotatable bonds is 6. The maximum absolute atomic E-state index is 12.9. The first-order chi connectivity index (χ1) is 16.0. The van der Waals surface area contributed by atoms with Crippen LogP contribution in [0.5, 0.6) is 11.6 Å². The summed E-state index contributed by atoms with van der Waals surface area (Å²) < 4.78 is 35.5. The molecule has 3 N–H and O–H groups in total. The van der Waals surface area contributed by atoms with Crippen LogP contribution in [0.1, 0.15) is 0 Å². The highest BCUT2D eigenvalue weighted by atomic mass is 32.2. The summed E-state index contributed by atoms with van der Waals surface area (Å²) in [5, 5.41) is 4.90. The topological polar surface area (TPSA) is 138 Å². The molecule has 10 nitrogen and oxygen atoms in total. The number of pyridine rings is 1. The van der Waals surface area contributed by atoms with Crippen LogP contribution in [0, 0.1) is 0 Å². The van der Waals surface area contributed by atoms with Crippen LogP contribution in [0.15, 0.2) is 90.3 Å². The van der Waals surface area contributed by atoms with Crippen LogP contribution in [-0.2, 0) is 10.0 Å². The van der Waals surface area contributed by atoms with Crippen LogP contribution < -0.4 is 15.2 Å². The van der Waals surface area contributed by atoms with Crippen LogP contribution in [0.25, 0.3) is 16.7 Å². The molecule has 0 amide bonds. The fourth-order valence-electron chi connectivity index (χ4n) is 3.16. The van der Waals surface area contributed by atoms with Crippen molar-refractivity contribution in [2.24, 2.45) is 0 Å². The number of hydrogen-bond donors (Lipinski definition) is 2. The number of sulfonamides is 1. The van der Waals surface area contributed by atoms with Crippen LogP contribution in [0.3, 0.4) is 0 Å². The molecule has 3 heterocycles. The molecule has 0 aliphatic rings. The number of nitrogens with one attached hydrogen (secondary N) is 1. The SMILES string of the molecule is Nc1ncnc2c1cnn2-c1cccc(NS(=O)(=O)c2ccc(Oc3ccccc3)nc2)c1. The van der Waals surface area contributed by atoms with E-state index in [4.69, 9.17) is 10.5 Å². The molecule has 0 unspecified atom stereocenters. The van der Waals surface area contributed by atoms with E-state index in [2.05, 4.69) is 24.8 Å². The Labute approximate surface area is 188 Å². The molecule has 5 rings (SSSR count). The molecule has 11 heteroatoms. The molecular formula is C22H17N7O3S. The first-order valence-electron chi connectivity index (χ1n) is 9.76. The number of fused-ring (bicyclic) bond motifs is 1. The number of benzene rings is 2. The summed E-state index contributed by atoms with van der Waals surface area (Å²) >= 11 is 0. The van der Waals surface area contributed by atoms with Gasteiger partial charge in [-0.15, -0.1) is 0 Å². The molecule has 0 radical (unpaired) electrons. The summed E-state index contributed by atoms with van der Waals surface area (Å²) in [7, 11) is -3.88. The van der Waals surface area contributed by atoms with Crippen LogP contribution in [-0.4, -0.2) is 33.2 Å². The molecule has 0 atom stereocenters. The van der Waals surface area contributed by atoms with Gasteiger partial charge in [-0.3, -0.25) is 4.72 Å². The standard InChI is InChI=1S/C22H17N7O3S/c23-21-19-13-27-29(22(19)26-14-25-21)16-6-4-5-15(11-16)28-33(30,31)18-9-10-20(24-12-18)32-17-7-2-1-3-8-17/h1-14,28H,(H2,23,25,26). The van der Waals surface area contributed by atoms with Gasteiger partial charge in [-0.05, 0) is 36.4 Å². The third-order valence-electron chi connectivity index (χ3n) is 4.72. The monoisotopic (exact) mass is 459 g/mol. The lowest BCUT2D eigenvalue weighted by Gasteiger charge is -2.10. The van der Waals surface area contributed by atoms with Crippen molar-refractivity contribution in [3.63, 3.8) is 0 Å². The molecule has 164 valence electrons. The summed E-state index contributed by atoms with van der Waals surface area (Å²) in [6, 6.07) is 18.8. The van der Waals surface area contributed by atoms with Gasteiger partial charge in [-0.2, -0.15) is 5.10 Å². The number of aromatic nitrogens is 5. The fourth-order valence-corrected chi connectivity index (χ4v) is 4.16. The maximum atomic E-state index is 12.9. The van der Waals surface area contributed by atoms with Gasteiger partial charge in [0.2, 0.25) is 5.88 Å². The van der Waals surface area contributed by atoms with Crippen molar-refractivity contribution < 1.29 is 13.2 Å². The average molecular weight is 459 g/mol. The summed E-state index contributed by atoms with van der Waals surface area (Å²) in [6.07, 6.45) is 4.15. The average Bonchev–Trinajstić information content (AvgIpc) is 3.26. The second-order valence-electron chi connectivity index (χ2n) is 6.96. The highest BCUT2D eigenvalue weighted by Crippen LogP contribution is 2.24. The van der Waals surface area contributed by atoms with Crippen molar-refractivity contribution in [2.75, 3.05) is 10.5 Å². The highest BCUT2D eigenvalue weighted by molar-refractivity contribution is 7.92. The Morgan fingerprint density at radius 2 is 1.76 bits per heavy atom. The number of nitrogen functional groups attached to an aromatic ring is 1. The first-order valence-corrected chi connectivity index (χ1v) is 11.2. The smallest absolute Gasteiger partial charge is 0.263 e. The molecule has 0 saturated heterocycles. The minimum Gasteiger partial charge on any atom is -0.439 e. The molecule has 5 aromatic rings. The molecule has 0 bridgehead atoms. The molecule has 0 saturated carbocycles. The second kappa shape index (κ2) is 8.20. The van der Waals surface area contributed by atoms with E-state index in [1.807, 2.05) is 18.2 Å². The summed E-state index contributed by atoms with van der Waals surface area (Å²) in [5.41, 5.74) is 7.34. The van der Waals surface area contributed by atoms with E-state index < -0.39 is 10.0 Å². The van der Waals surface area contributed by atoms with Crippen LogP contribution >= 0.6 is 0 Å². The van der Waals surface area contributed by atoms with Gasteiger partial charge >= 0.3 is 0 Å². The fraction of sp³-hybridized carbons (Fsp3) is 0. The molecular weight excluding hydrogens is 442 g/mol. The van der Waals surface area contributed by atoms with Crippen molar-refractivity contribution in [1.29, 1.82) is 0 Å². The molecule has 0 fully saturated rings. The second-order valence-corrected chi connectivity index (χ2v) is 8.64. The van der Waals surface area contributed by atoms with Gasteiger partial charge in [0.05, 0.1) is 29.2 Å². The molecule has 0 aliphatic heterocycles. The van der Waals surface area contributed by atoms with Crippen molar-refractivity contribution in [1.82, 2.24) is 24.7 Å². The minimum atomic E-state index is -3.88. The van der Waals surface area contributed by atoms with E-state index in [1.54, 1.807) is 47.3 Å². The van der Waals surface area contributed by atoms with Crippen molar-refractivity contribution in [2.45, 2.75) is 4.90 Å². The van der Waals surface area contributed by atoms with Gasteiger partial charge in [-0.25, -0.2) is 28.1 Å². The van der Waals surface area contributed by atoms with E-state index in [1.165, 1.54) is 24.7 Å². The minimum absolute atomic E-state index is 0.00151. The van der Waals surface area contributed by atoms with Gasteiger partial charge < -0.3 is 10.5 Å². The van der Waals surface area contributed by atoms with Gasteiger partial charge in [0.1, 0.15) is 22.8 Å². The number of nitrogens with two attached hydrogens (primary N) is 1. The van der Waals surface area contributed by atoms with Gasteiger partial charge in [-0.1, -0.05) is 24.3 Å². The Balaban J connectivity index is 1.38. The predicted molar refractivity (Wildman–Crippen MR) is 123 cm³/mol. The first kappa shape index (κ1) is 20.4. The lowest BCUT2D eigenvalue weighted by Crippen LogP contribution is -2.13. The number of ether oxygens (including phenoxy) is 1. The highest BCUT2D eigenvalue weighted by Gasteiger charge is 2.16. The lowest BCUT2D eigenvalue weighted by atomic mass is 10.3. The van der Waals surface area contributed by atoms with Crippen molar-refractivity contribution >= 4 is 32.6 Å². The van der Waals surface area contributed by atoms with E-state index in [9.17, 15) is 8.42 Å². The van der Waals surface area contributed by atoms with Crippen LogP contribution in [0.4, 0.5) is 11.5 Å². The summed E-state index contributed by atoms with van der Waals surface area (Å²) in [4.78, 5) is 12.3. The lowest BCUT2D eigenvalue weighted by molar-refractivity contribution is 0.462. The Bertz CT molecular complexity index is 1540. The van der Waals surface area contributed by atoms with Crippen LogP contribution in [0.2, 0.25) is 0 Å². The zero-order valence-corrected chi connectivity index (χ0v) is 17.8. The van der Waals surface area contributed by atoms with Gasteiger partial charge in [0.15, 0.2) is 5.65 Å². The third kappa shape index (κ3) is 4.16. The number of para-hydroxylation sites is 1. The Hall–Kier alpha value is -4.51. The van der Waals surface area contributed by atoms with Crippen molar-refractivity contribution in [3.05, 3.63) is 85.5 Å². The molecule has 33 heavy (non-hydrogen) atoms. The van der Waals surface area contributed by atoms with E-state index in [0.29, 0.717) is 34.0 Å². The zero-order valence-electron chi connectivity index (χ0n) is 17.0. The Kier molecular flexibility index (Phi) is 5.07. The number of nitrogens with zero attached hydrogens (tertiary/aromatic N) is 5.